The number of aromatic nitrogens is 2. The summed E-state index contributed by atoms with van der Waals surface area (Å²) >= 11 is 0. The first-order chi connectivity index (χ1) is 7.58. The molecule has 0 spiro atoms. The monoisotopic (exact) mass is 226 g/mol. The number of hydrogen-bond donors (Lipinski definition) is 1. The highest BCUT2D eigenvalue weighted by atomic mass is 19.2. The molecule has 1 aromatic heterocycles. The van der Waals surface area contributed by atoms with Gasteiger partial charge in [0.15, 0.2) is 11.6 Å². The summed E-state index contributed by atoms with van der Waals surface area (Å²) in [6.45, 7) is 0. The van der Waals surface area contributed by atoms with E-state index in [-0.39, 0.29) is 11.3 Å². The number of nitrogens with one attached hydrogen (secondary N) is 1. The van der Waals surface area contributed by atoms with Crippen LogP contribution in [0, 0.1) is 17.5 Å². The first kappa shape index (κ1) is 10.4. The highest BCUT2D eigenvalue weighted by Crippen LogP contribution is 2.21. The number of nitrogens with zero attached hydrogens (tertiary/aromatic N) is 1. The van der Waals surface area contributed by atoms with Crippen molar-refractivity contribution < 1.29 is 13.2 Å². The molecular formula is C10H5F3N2O. The number of benzene rings is 1. The van der Waals surface area contributed by atoms with Crippen LogP contribution in [0.4, 0.5) is 13.2 Å². The third-order valence-corrected chi connectivity index (χ3v) is 1.95. The molecule has 1 N–H and O–H groups in total. The van der Waals surface area contributed by atoms with Crippen molar-refractivity contribution in [1.29, 1.82) is 0 Å². The van der Waals surface area contributed by atoms with E-state index in [9.17, 15) is 18.0 Å². The van der Waals surface area contributed by atoms with E-state index in [1.54, 1.807) is 0 Å². The molecule has 1 heterocycles. The highest BCUT2D eigenvalue weighted by molar-refractivity contribution is 5.58. The maximum absolute atomic E-state index is 13.3. The number of aromatic amines is 1. The van der Waals surface area contributed by atoms with Gasteiger partial charge in [-0.05, 0) is 6.07 Å². The van der Waals surface area contributed by atoms with Crippen molar-refractivity contribution in [2.75, 3.05) is 0 Å². The molecule has 0 aliphatic rings. The van der Waals surface area contributed by atoms with Gasteiger partial charge in [0.05, 0.1) is 18.1 Å². The van der Waals surface area contributed by atoms with E-state index in [1.807, 2.05) is 0 Å². The van der Waals surface area contributed by atoms with Crippen LogP contribution in [0.25, 0.3) is 11.3 Å². The van der Waals surface area contributed by atoms with E-state index in [0.29, 0.717) is 12.1 Å². The fraction of sp³-hybridized carbons (Fsp3) is 0. The molecule has 3 nitrogen and oxygen atoms in total. The minimum atomic E-state index is -1.28. The number of rotatable bonds is 1. The molecule has 0 fully saturated rings. The smallest absolute Gasteiger partial charge is 0.266 e. The van der Waals surface area contributed by atoms with Crippen molar-refractivity contribution in [3.63, 3.8) is 0 Å². The average Bonchev–Trinajstić information content (AvgIpc) is 2.23. The summed E-state index contributed by atoms with van der Waals surface area (Å²) in [4.78, 5) is 16.7. The van der Waals surface area contributed by atoms with Crippen LogP contribution in [-0.2, 0) is 0 Å². The zero-order valence-electron chi connectivity index (χ0n) is 7.80. The van der Waals surface area contributed by atoms with E-state index in [2.05, 4.69) is 9.97 Å². The number of hydrogen-bond acceptors (Lipinski definition) is 2. The van der Waals surface area contributed by atoms with Gasteiger partial charge in [0.2, 0.25) is 0 Å². The van der Waals surface area contributed by atoms with Crippen molar-refractivity contribution in [1.82, 2.24) is 9.97 Å². The molecule has 16 heavy (non-hydrogen) atoms. The topological polar surface area (TPSA) is 45.8 Å². The summed E-state index contributed by atoms with van der Waals surface area (Å²) in [5.41, 5.74) is -0.811. The Morgan fingerprint density at radius 1 is 1.00 bits per heavy atom. The molecule has 0 aliphatic heterocycles. The van der Waals surface area contributed by atoms with E-state index < -0.39 is 23.0 Å². The van der Waals surface area contributed by atoms with Crippen LogP contribution < -0.4 is 5.56 Å². The summed E-state index contributed by atoms with van der Waals surface area (Å²) in [5.74, 6) is -3.45. The van der Waals surface area contributed by atoms with Crippen molar-refractivity contribution in [2.45, 2.75) is 0 Å². The van der Waals surface area contributed by atoms with E-state index in [1.165, 1.54) is 0 Å². The van der Waals surface area contributed by atoms with Crippen molar-refractivity contribution in [2.24, 2.45) is 0 Å². The zero-order chi connectivity index (χ0) is 11.7. The molecule has 0 saturated carbocycles. The van der Waals surface area contributed by atoms with E-state index in [0.717, 1.165) is 12.4 Å². The first-order valence-electron chi connectivity index (χ1n) is 4.27. The minimum absolute atomic E-state index is 0.0103. The Balaban J connectivity index is 2.65. The normalized spacial score (nSPS) is 10.4. The maximum Gasteiger partial charge on any atom is 0.266 e. The van der Waals surface area contributed by atoms with Crippen LogP contribution in [0.3, 0.4) is 0 Å². The molecule has 2 aromatic rings. The van der Waals surface area contributed by atoms with E-state index in [4.69, 9.17) is 0 Å². The van der Waals surface area contributed by atoms with Crippen molar-refractivity contribution in [3.8, 4) is 11.3 Å². The third kappa shape index (κ3) is 1.81. The second-order valence-corrected chi connectivity index (χ2v) is 3.06. The first-order valence-corrected chi connectivity index (χ1v) is 4.27. The molecule has 0 unspecified atom stereocenters. The number of H-pyrrole nitrogens is 1. The predicted octanol–water partition coefficient (Wildman–Crippen LogP) is 1.85. The van der Waals surface area contributed by atoms with Crippen LogP contribution in [-0.4, -0.2) is 9.97 Å². The summed E-state index contributed by atoms with van der Waals surface area (Å²) in [7, 11) is 0. The molecule has 2 rings (SSSR count). The summed E-state index contributed by atoms with van der Waals surface area (Å²) in [6, 6.07) is 1.08. The second kappa shape index (κ2) is 3.80. The lowest BCUT2D eigenvalue weighted by Crippen LogP contribution is -2.06. The largest absolute Gasteiger partial charge is 0.319 e. The predicted molar refractivity (Wildman–Crippen MR) is 50.2 cm³/mol. The molecule has 82 valence electrons. The Kier molecular flexibility index (Phi) is 2.47. The summed E-state index contributed by atoms with van der Waals surface area (Å²) in [5, 5.41) is 0. The molecule has 0 radical (unpaired) electrons. The fourth-order valence-corrected chi connectivity index (χ4v) is 1.24. The van der Waals surface area contributed by atoms with Gasteiger partial charge in [0.1, 0.15) is 5.82 Å². The van der Waals surface area contributed by atoms with Gasteiger partial charge < -0.3 is 4.98 Å². The minimum Gasteiger partial charge on any atom is -0.319 e. The Morgan fingerprint density at radius 2 is 1.69 bits per heavy atom. The zero-order valence-corrected chi connectivity index (χ0v) is 7.80. The molecular weight excluding hydrogens is 221 g/mol. The lowest BCUT2D eigenvalue weighted by molar-refractivity contribution is 0.496. The lowest BCUT2D eigenvalue weighted by Gasteiger charge is -2.03. The van der Waals surface area contributed by atoms with Gasteiger partial charge in [-0.15, -0.1) is 0 Å². The van der Waals surface area contributed by atoms with E-state index >= 15 is 0 Å². The fourth-order valence-electron chi connectivity index (χ4n) is 1.24. The van der Waals surface area contributed by atoms with Gasteiger partial charge in [-0.1, -0.05) is 0 Å². The second-order valence-electron chi connectivity index (χ2n) is 3.06. The molecule has 0 amide bonds. The molecule has 6 heteroatoms. The standard InChI is InChI=1S/C10H5F3N2O/c11-6-2-8(13)7(12)1-5(6)9-3-14-4-10(16)15-9/h1-4H,(H,15,16). The van der Waals surface area contributed by atoms with Crippen LogP contribution in [0.1, 0.15) is 0 Å². The summed E-state index contributed by atoms with van der Waals surface area (Å²) in [6.07, 6.45) is 2.14. The van der Waals surface area contributed by atoms with Crippen LogP contribution >= 0.6 is 0 Å². The molecule has 0 saturated heterocycles. The van der Waals surface area contributed by atoms with Gasteiger partial charge in [-0.2, -0.15) is 0 Å². The Labute approximate surface area is 87.6 Å². The quantitative estimate of drug-likeness (QED) is 0.754. The van der Waals surface area contributed by atoms with Crippen LogP contribution in [0.5, 0.6) is 0 Å². The van der Waals surface area contributed by atoms with Crippen LogP contribution in [0.15, 0.2) is 29.3 Å². The van der Waals surface area contributed by atoms with Gasteiger partial charge in [0, 0.05) is 11.6 Å². The average molecular weight is 226 g/mol. The molecule has 0 atom stereocenters. The Hall–Kier alpha value is -2.11. The highest BCUT2D eigenvalue weighted by Gasteiger charge is 2.12. The molecule has 0 aliphatic carbocycles. The SMILES string of the molecule is O=c1cncc(-c2cc(F)c(F)cc2F)[nH]1. The summed E-state index contributed by atoms with van der Waals surface area (Å²) < 4.78 is 38.8. The maximum atomic E-state index is 13.3. The van der Waals surface area contributed by atoms with Crippen molar-refractivity contribution in [3.05, 3.63) is 52.3 Å². The van der Waals surface area contributed by atoms with Gasteiger partial charge >= 0.3 is 0 Å². The van der Waals surface area contributed by atoms with Crippen molar-refractivity contribution >= 4 is 0 Å². The van der Waals surface area contributed by atoms with Gasteiger partial charge in [-0.25, -0.2) is 13.2 Å². The number of halogens is 3. The van der Waals surface area contributed by atoms with Gasteiger partial charge in [0.25, 0.3) is 5.56 Å². The third-order valence-electron chi connectivity index (χ3n) is 1.95. The molecule has 0 bridgehead atoms. The lowest BCUT2D eigenvalue weighted by atomic mass is 10.1. The molecule has 1 aromatic carbocycles. The van der Waals surface area contributed by atoms with Crippen LogP contribution in [0.2, 0.25) is 0 Å². The Morgan fingerprint density at radius 3 is 2.38 bits per heavy atom. The van der Waals surface area contributed by atoms with Gasteiger partial charge in [-0.3, -0.25) is 9.78 Å². The Bertz CT molecular complexity index is 595.